The number of hydrogen-bond donors (Lipinski definition) is 0. The molecule has 0 atom stereocenters. The lowest BCUT2D eigenvalue weighted by atomic mass is 10.1. The van der Waals surface area contributed by atoms with Crippen LogP contribution in [0.1, 0.15) is 21.5 Å². The zero-order valence-electron chi connectivity index (χ0n) is 14.7. The number of carbonyl (C=O) groups excluding carboxylic acids is 1. The Bertz CT molecular complexity index is 861. The Labute approximate surface area is 157 Å². The van der Waals surface area contributed by atoms with Crippen LogP contribution in [0.25, 0.3) is 0 Å². The van der Waals surface area contributed by atoms with Crippen LogP contribution in [0.3, 0.4) is 0 Å². The third kappa shape index (κ3) is 3.80. The molecule has 1 saturated heterocycles. The maximum Gasteiger partial charge on any atom is 0.270 e. The minimum absolute atomic E-state index is 0.0541. The molecular formula is C19H20ClN3O3. The molecule has 0 radical (unpaired) electrons. The van der Waals surface area contributed by atoms with E-state index < -0.39 is 4.92 Å². The minimum atomic E-state index is -0.469. The van der Waals surface area contributed by atoms with Gasteiger partial charge in [-0.25, -0.2) is 0 Å². The standard InChI is InChI=1S/C19H20ClN3O3/c1-13-9-15(11-17(10-13)23(25)26)19(24)22-7-5-21(6-8-22)18-12-16(20)4-3-14(18)2/h3-4,9-12H,5-8H2,1-2H3. The number of nitro groups is 1. The predicted octanol–water partition coefficient (Wildman–Crippen LogP) is 3.83. The summed E-state index contributed by atoms with van der Waals surface area (Å²) in [5, 5.41) is 11.7. The first-order valence-electron chi connectivity index (χ1n) is 8.41. The lowest BCUT2D eigenvalue weighted by Crippen LogP contribution is -2.49. The van der Waals surface area contributed by atoms with E-state index in [0.29, 0.717) is 42.3 Å². The number of aryl methyl sites for hydroxylation is 2. The summed E-state index contributed by atoms with van der Waals surface area (Å²) >= 11 is 6.10. The number of halogens is 1. The molecule has 3 rings (SSSR count). The first-order valence-corrected chi connectivity index (χ1v) is 8.79. The molecule has 0 bridgehead atoms. The van der Waals surface area contributed by atoms with Crippen LogP contribution in [0.4, 0.5) is 11.4 Å². The van der Waals surface area contributed by atoms with Crippen LogP contribution in [0.2, 0.25) is 5.02 Å². The van der Waals surface area contributed by atoms with Crippen molar-refractivity contribution in [2.75, 3.05) is 31.1 Å². The van der Waals surface area contributed by atoms with Crippen molar-refractivity contribution in [1.29, 1.82) is 0 Å². The number of rotatable bonds is 3. The number of nitro benzene ring substituents is 1. The number of nitrogens with zero attached hydrogens (tertiary/aromatic N) is 3. The Hall–Kier alpha value is -2.60. The smallest absolute Gasteiger partial charge is 0.270 e. The second-order valence-electron chi connectivity index (χ2n) is 6.52. The number of amides is 1. The van der Waals surface area contributed by atoms with Gasteiger partial charge in [-0.3, -0.25) is 14.9 Å². The molecule has 0 N–H and O–H groups in total. The first kappa shape index (κ1) is 18.2. The molecule has 1 aliphatic rings. The van der Waals surface area contributed by atoms with Crippen LogP contribution < -0.4 is 4.90 Å². The second kappa shape index (κ2) is 7.33. The molecule has 2 aromatic rings. The van der Waals surface area contributed by atoms with Crippen molar-refractivity contribution in [3.63, 3.8) is 0 Å². The van der Waals surface area contributed by atoms with Crippen molar-refractivity contribution in [1.82, 2.24) is 4.90 Å². The summed E-state index contributed by atoms with van der Waals surface area (Å²) in [5.74, 6) is -0.167. The molecule has 0 saturated carbocycles. The lowest BCUT2D eigenvalue weighted by Gasteiger charge is -2.37. The molecule has 0 unspecified atom stereocenters. The number of hydrogen-bond acceptors (Lipinski definition) is 4. The van der Waals surface area contributed by atoms with Gasteiger partial charge in [0.05, 0.1) is 4.92 Å². The Morgan fingerprint density at radius 3 is 2.42 bits per heavy atom. The molecule has 2 aromatic carbocycles. The molecule has 0 aliphatic carbocycles. The molecular weight excluding hydrogens is 354 g/mol. The Morgan fingerprint density at radius 2 is 1.77 bits per heavy atom. The topological polar surface area (TPSA) is 66.7 Å². The normalized spacial score (nSPS) is 14.4. The highest BCUT2D eigenvalue weighted by Crippen LogP contribution is 2.26. The summed E-state index contributed by atoms with van der Waals surface area (Å²) in [6, 6.07) is 10.3. The van der Waals surface area contributed by atoms with Crippen molar-refractivity contribution < 1.29 is 9.72 Å². The molecule has 7 heteroatoms. The average Bonchev–Trinajstić information content (AvgIpc) is 2.62. The van der Waals surface area contributed by atoms with E-state index in [9.17, 15) is 14.9 Å². The van der Waals surface area contributed by atoms with Gasteiger partial charge in [-0.05, 0) is 43.2 Å². The zero-order valence-corrected chi connectivity index (χ0v) is 15.5. The summed E-state index contributed by atoms with van der Waals surface area (Å²) < 4.78 is 0. The molecule has 1 aliphatic heterocycles. The summed E-state index contributed by atoms with van der Waals surface area (Å²) in [6.07, 6.45) is 0. The highest BCUT2D eigenvalue weighted by atomic mass is 35.5. The molecule has 0 aromatic heterocycles. The van der Waals surface area contributed by atoms with E-state index in [1.165, 1.54) is 12.1 Å². The van der Waals surface area contributed by atoms with Crippen LogP contribution in [-0.4, -0.2) is 41.9 Å². The number of benzene rings is 2. The second-order valence-corrected chi connectivity index (χ2v) is 6.96. The van der Waals surface area contributed by atoms with E-state index in [-0.39, 0.29) is 11.6 Å². The van der Waals surface area contributed by atoms with Gasteiger partial charge < -0.3 is 9.80 Å². The van der Waals surface area contributed by atoms with Crippen LogP contribution >= 0.6 is 11.6 Å². The summed E-state index contributed by atoms with van der Waals surface area (Å²) in [7, 11) is 0. The van der Waals surface area contributed by atoms with Crippen molar-refractivity contribution in [3.05, 3.63) is 68.2 Å². The fourth-order valence-electron chi connectivity index (χ4n) is 3.25. The molecule has 1 fully saturated rings. The predicted molar refractivity (Wildman–Crippen MR) is 102 cm³/mol. The zero-order chi connectivity index (χ0) is 18.8. The van der Waals surface area contributed by atoms with Gasteiger partial charge in [-0.2, -0.15) is 0 Å². The van der Waals surface area contributed by atoms with Crippen LogP contribution in [0.5, 0.6) is 0 Å². The van der Waals surface area contributed by atoms with Gasteiger partial charge in [0.25, 0.3) is 11.6 Å². The molecule has 1 amide bonds. The maximum absolute atomic E-state index is 12.8. The quantitative estimate of drug-likeness (QED) is 0.605. The monoisotopic (exact) mass is 373 g/mol. The summed E-state index contributed by atoms with van der Waals surface area (Å²) in [6.45, 7) is 6.30. The average molecular weight is 374 g/mol. The van der Waals surface area contributed by atoms with Crippen molar-refractivity contribution in [2.24, 2.45) is 0 Å². The highest BCUT2D eigenvalue weighted by molar-refractivity contribution is 6.30. The molecule has 1 heterocycles. The molecule has 26 heavy (non-hydrogen) atoms. The van der Waals surface area contributed by atoms with E-state index in [0.717, 1.165) is 11.3 Å². The highest BCUT2D eigenvalue weighted by Gasteiger charge is 2.24. The largest absolute Gasteiger partial charge is 0.368 e. The molecule has 6 nitrogen and oxygen atoms in total. The van der Waals surface area contributed by atoms with E-state index in [4.69, 9.17) is 11.6 Å². The van der Waals surface area contributed by atoms with E-state index in [2.05, 4.69) is 4.90 Å². The van der Waals surface area contributed by atoms with Gasteiger partial charge in [-0.15, -0.1) is 0 Å². The number of piperazine rings is 1. The maximum atomic E-state index is 12.8. The fourth-order valence-corrected chi connectivity index (χ4v) is 3.41. The van der Waals surface area contributed by atoms with Crippen molar-refractivity contribution >= 4 is 28.9 Å². The van der Waals surface area contributed by atoms with Crippen molar-refractivity contribution in [2.45, 2.75) is 13.8 Å². The molecule has 136 valence electrons. The number of non-ortho nitro benzene ring substituents is 1. The fraction of sp³-hybridized carbons (Fsp3) is 0.316. The Kier molecular flexibility index (Phi) is 5.13. The third-order valence-electron chi connectivity index (χ3n) is 4.60. The Balaban J connectivity index is 1.73. The van der Waals surface area contributed by atoms with Crippen LogP contribution in [0, 0.1) is 24.0 Å². The lowest BCUT2D eigenvalue weighted by molar-refractivity contribution is -0.384. The summed E-state index contributed by atoms with van der Waals surface area (Å²) in [4.78, 5) is 27.3. The number of carbonyl (C=O) groups is 1. The van der Waals surface area contributed by atoms with Gasteiger partial charge in [-0.1, -0.05) is 17.7 Å². The number of anilines is 1. The SMILES string of the molecule is Cc1cc(C(=O)N2CCN(c3cc(Cl)ccc3C)CC2)cc([N+](=O)[O-])c1. The van der Waals surface area contributed by atoms with Gasteiger partial charge in [0, 0.05) is 54.6 Å². The van der Waals surface area contributed by atoms with Crippen molar-refractivity contribution in [3.8, 4) is 0 Å². The van der Waals surface area contributed by atoms with Gasteiger partial charge in [0.15, 0.2) is 0 Å². The molecule has 0 spiro atoms. The van der Waals surface area contributed by atoms with Gasteiger partial charge in [0.1, 0.15) is 0 Å². The van der Waals surface area contributed by atoms with Gasteiger partial charge >= 0.3 is 0 Å². The third-order valence-corrected chi connectivity index (χ3v) is 4.83. The minimum Gasteiger partial charge on any atom is -0.368 e. The van der Waals surface area contributed by atoms with E-state index >= 15 is 0 Å². The van der Waals surface area contributed by atoms with Crippen LogP contribution in [-0.2, 0) is 0 Å². The van der Waals surface area contributed by atoms with E-state index in [1.807, 2.05) is 25.1 Å². The Morgan fingerprint density at radius 1 is 1.08 bits per heavy atom. The van der Waals surface area contributed by atoms with Crippen LogP contribution in [0.15, 0.2) is 36.4 Å². The summed E-state index contributed by atoms with van der Waals surface area (Å²) in [5.41, 5.74) is 3.24. The van der Waals surface area contributed by atoms with Gasteiger partial charge in [0.2, 0.25) is 0 Å². The van der Waals surface area contributed by atoms with E-state index in [1.54, 1.807) is 17.9 Å². The first-order chi connectivity index (χ1) is 12.3.